The highest BCUT2D eigenvalue weighted by Gasteiger charge is 2.27. The third-order valence-corrected chi connectivity index (χ3v) is 7.67. The van der Waals surface area contributed by atoms with Gasteiger partial charge in [-0.05, 0) is 43.5 Å². The lowest BCUT2D eigenvalue weighted by molar-refractivity contribution is -0.131. The summed E-state index contributed by atoms with van der Waals surface area (Å²) < 4.78 is 15.4. The van der Waals surface area contributed by atoms with E-state index in [0.29, 0.717) is 25.4 Å². The predicted molar refractivity (Wildman–Crippen MR) is 140 cm³/mol. The fourth-order valence-electron chi connectivity index (χ4n) is 5.59. The fourth-order valence-corrected chi connectivity index (χ4v) is 5.59. The summed E-state index contributed by atoms with van der Waals surface area (Å²) in [5, 5.41) is 5.75. The first-order chi connectivity index (χ1) is 17.5. The van der Waals surface area contributed by atoms with E-state index in [0.717, 1.165) is 66.4 Å². The zero-order valence-electron chi connectivity index (χ0n) is 21.5. The van der Waals surface area contributed by atoms with Crippen LogP contribution in [0.4, 0.5) is 10.2 Å². The first kappa shape index (κ1) is 24.7. The number of fused-ring (bicyclic) bond motifs is 1. The van der Waals surface area contributed by atoms with Crippen molar-refractivity contribution < 1.29 is 9.18 Å². The Hall–Kier alpha value is -3.03. The minimum absolute atomic E-state index is 0.252. The number of rotatable bonds is 7. The summed E-state index contributed by atoms with van der Waals surface area (Å²) in [4.78, 5) is 27.0. The Balaban J connectivity index is 1.49. The summed E-state index contributed by atoms with van der Waals surface area (Å²) in [7, 11) is 0. The Bertz CT molecular complexity index is 1190. The van der Waals surface area contributed by atoms with Crippen molar-refractivity contribution in [1.82, 2.24) is 24.6 Å². The van der Waals surface area contributed by atoms with Crippen molar-refractivity contribution in [1.29, 1.82) is 0 Å². The van der Waals surface area contributed by atoms with Gasteiger partial charge in [-0.1, -0.05) is 45.4 Å². The first-order valence-electron chi connectivity index (χ1n) is 13.6. The van der Waals surface area contributed by atoms with Gasteiger partial charge < -0.3 is 9.80 Å². The van der Waals surface area contributed by atoms with Crippen LogP contribution in [0.3, 0.4) is 0 Å². The average Bonchev–Trinajstić information content (AvgIpc) is 3.24. The largest absolute Gasteiger partial charge is 0.352 e. The molecule has 0 bridgehead atoms. The van der Waals surface area contributed by atoms with Gasteiger partial charge in [-0.2, -0.15) is 5.10 Å². The number of anilines is 1. The Morgan fingerprint density at radius 2 is 1.75 bits per heavy atom. The van der Waals surface area contributed by atoms with E-state index in [1.807, 2.05) is 16.5 Å². The number of benzene rings is 1. The molecule has 3 heterocycles. The molecule has 7 nitrogen and oxygen atoms in total. The molecule has 2 aliphatic rings. The highest BCUT2D eigenvalue weighted by Crippen LogP contribution is 2.32. The van der Waals surface area contributed by atoms with Crippen LogP contribution in [0.2, 0.25) is 0 Å². The molecule has 1 amide bonds. The van der Waals surface area contributed by atoms with E-state index in [1.165, 1.54) is 44.2 Å². The molecular weight excluding hydrogens is 455 g/mol. The highest BCUT2D eigenvalue weighted by molar-refractivity contribution is 5.91. The maximum absolute atomic E-state index is 13.6. The van der Waals surface area contributed by atoms with E-state index in [9.17, 15) is 9.18 Å². The molecule has 2 fully saturated rings. The molecule has 8 heteroatoms. The quantitative estimate of drug-likeness (QED) is 0.452. The second-order valence-electron chi connectivity index (χ2n) is 10.3. The second kappa shape index (κ2) is 10.9. The van der Waals surface area contributed by atoms with Crippen molar-refractivity contribution in [3.63, 3.8) is 0 Å². The van der Waals surface area contributed by atoms with Gasteiger partial charge in [0.25, 0.3) is 0 Å². The Morgan fingerprint density at radius 1 is 1.03 bits per heavy atom. The van der Waals surface area contributed by atoms with Crippen molar-refractivity contribution >= 4 is 22.8 Å². The lowest BCUT2D eigenvalue weighted by Crippen LogP contribution is -2.49. The Morgan fingerprint density at radius 3 is 2.44 bits per heavy atom. The molecule has 5 rings (SSSR count). The van der Waals surface area contributed by atoms with E-state index in [-0.39, 0.29) is 11.7 Å². The van der Waals surface area contributed by atoms with Crippen molar-refractivity contribution in [2.45, 2.75) is 71.6 Å². The lowest BCUT2D eigenvalue weighted by Gasteiger charge is -2.36. The number of hydrogen-bond acceptors (Lipinski definition) is 5. The molecule has 3 aromatic rings. The van der Waals surface area contributed by atoms with E-state index in [4.69, 9.17) is 15.1 Å². The summed E-state index contributed by atoms with van der Waals surface area (Å²) >= 11 is 0. The Labute approximate surface area is 212 Å². The van der Waals surface area contributed by atoms with Crippen LogP contribution < -0.4 is 4.90 Å². The molecule has 0 spiro atoms. The molecule has 192 valence electrons. The molecule has 0 N–H and O–H groups in total. The minimum Gasteiger partial charge on any atom is -0.352 e. The normalized spacial score (nSPS) is 17.2. The van der Waals surface area contributed by atoms with Crippen LogP contribution in [0.5, 0.6) is 0 Å². The lowest BCUT2D eigenvalue weighted by atomic mass is 9.87. The molecule has 1 aromatic carbocycles. The summed E-state index contributed by atoms with van der Waals surface area (Å²) in [6.07, 6.45) is 9.80. The van der Waals surface area contributed by atoms with Crippen molar-refractivity contribution in [2.75, 3.05) is 31.1 Å². The zero-order chi connectivity index (χ0) is 25.1. The van der Waals surface area contributed by atoms with Crippen LogP contribution in [-0.4, -0.2) is 56.7 Å². The van der Waals surface area contributed by atoms with Crippen LogP contribution in [0.15, 0.2) is 24.3 Å². The highest BCUT2D eigenvalue weighted by atomic mass is 19.1. The third kappa shape index (κ3) is 5.22. The predicted octanol–water partition coefficient (Wildman–Crippen LogP) is 5.22. The first-order valence-corrected chi connectivity index (χ1v) is 13.6. The van der Waals surface area contributed by atoms with Crippen LogP contribution in [-0.2, 0) is 11.2 Å². The monoisotopic (exact) mass is 492 g/mol. The van der Waals surface area contributed by atoms with E-state index in [1.54, 1.807) is 12.1 Å². The van der Waals surface area contributed by atoms with Gasteiger partial charge in [0.1, 0.15) is 17.5 Å². The van der Waals surface area contributed by atoms with E-state index >= 15 is 0 Å². The number of hydrogen-bond donors (Lipinski definition) is 0. The van der Waals surface area contributed by atoms with Crippen LogP contribution in [0.25, 0.3) is 16.7 Å². The number of carbonyl (C=O) groups excluding carboxylic acids is 1. The van der Waals surface area contributed by atoms with Crippen molar-refractivity contribution in [3.05, 3.63) is 41.6 Å². The molecule has 1 aliphatic carbocycles. The molecular formula is C28H37FN6O. The molecule has 0 atom stereocenters. The maximum atomic E-state index is 13.6. The smallest absolute Gasteiger partial charge is 0.222 e. The van der Waals surface area contributed by atoms with Gasteiger partial charge >= 0.3 is 0 Å². The van der Waals surface area contributed by atoms with Crippen molar-refractivity contribution in [3.8, 4) is 5.69 Å². The summed E-state index contributed by atoms with van der Waals surface area (Å²) in [6, 6.07) is 6.39. The maximum Gasteiger partial charge on any atom is 0.222 e. The molecule has 1 saturated heterocycles. The SMILES string of the molecule is CCCCC(=O)N1CCN(c2nc(CC3CCCCC3)nc3c2c(C)nn3-c2ccc(F)cc2)CC1. The topological polar surface area (TPSA) is 67.2 Å². The zero-order valence-corrected chi connectivity index (χ0v) is 21.5. The molecule has 36 heavy (non-hydrogen) atoms. The second-order valence-corrected chi connectivity index (χ2v) is 10.3. The Kier molecular flexibility index (Phi) is 7.48. The summed E-state index contributed by atoms with van der Waals surface area (Å²) in [5.74, 6) is 2.36. The van der Waals surface area contributed by atoms with Gasteiger partial charge in [0, 0.05) is 39.0 Å². The number of halogens is 1. The standard InChI is InChI=1S/C28H37FN6O/c1-3-4-10-25(36)33-15-17-34(18-16-33)27-26-20(2)32-35(23-13-11-22(29)12-14-23)28(26)31-24(30-27)19-21-8-6-5-7-9-21/h11-14,21H,3-10,15-19H2,1-2H3. The van der Waals surface area contributed by atoms with Crippen molar-refractivity contribution in [2.24, 2.45) is 5.92 Å². The van der Waals surface area contributed by atoms with Gasteiger partial charge in [0.15, 0.2) is 5.65 Å². The number of aromatic nitrogens is 4. The van der Waals surface area contributed by atoms with Crippen LogP contribution >= 0.6 is 0 Å². The average molecular weight is 493 g/mol. The minimum atomic E-state index is -0.272. The third-order valence-electron chi connectivity index (χ3n) is 7.67. The van der Waals surface area contributed by atoms with Gasteiger partial charge in [-0.15, -0.1) is 0 Å². The van der Waals surface area contributed by atoms with E-state index < -0.39 is 0 Å². The van der Waals surface area contributed by atoms with Crippen LogP contribution in [0, 0.1) is 18.7 Å². The van der Waals surface area contributed by atoms with Gasteiger partial charge in [0.2, 0.25) is 5.91 Å². The summed E-state index contributed by atoms with van der Waals surface area (Å²) in [6.45, 7) is 7.00. The van der Waals surface area contributed by atoms with Gasteiger partial charge in [-0.3, -0.25) is 4.79 Å². The molecule has 0 radical (unpaired) electrons. The number of unbranched alkanes of at least 4 members (excludes halogenated alkanes) is 1. The molecule has 1 aliphatic heterocycles. The number of nitrogens with zero attached hydrogens (tertiary/aromatic N) is 6. The number of aryl methyl sites for hydroxylation is 1. The van der Waals surface area contributed by atoms with Gasteiger partial charge in [0.05, 0.1) is 16.8 Å². The van der Waals surface area contributed by atoms with E-state index in [2.05, 4.69) is 11.8 Å². The number of piperazine rings is 1. The number of amides is 1. The van der Waals surface area contributed by atoms with Crippen LogP contribution in [0.1, 0.15) is 69.8 Å². The van der Waals surface area contributed by atoms with Gasteiger partial charge in [-0.25, -0.2) is 19.0 Å². The fraction of sp³-hybridized carbons (Fsp3) is 0.571. The molecule has 2 aromatic heterocycles. The summed E-state index contributed by atoms with van der Waals surface area (Å²) in [5.41, 5.74) is 2.42. The molecule has 0 unspecified atom stereocenters. The molecule has 1 saturated carbocycles. The number of carbonyl (C=O) groups is 1.